The van der Waals surface area contributed by atoms with Crippen molar-refractivity contribution in [3.05, 3.63) is 106 Å². The van der Waals surface area contributed by atoms with Gasteiger partial charge in [-0.25, -0.2) is 13.9 Å². The lowest BCUT2D eigenvalue weighted by molar-refractivity contribution is 0.571. The molecule has 0 fully saturated rings. The largest absolute Gasteiger partial charge is 0.444 e. The SMILES string of the molecule is Cc1cccc(-n2c(=O)c3ccccc3n3c(SCc4coc(-c5cccc(F)c5)n4)nnc23)c1C. The van der Waals surface area contributed by atoms with Crippen molar-refractivity contribution in [2.24, 2.45) is 0 Å². The molecule has 36 heavy (non-hydrogen) atoms. The molecule has 3 aromatic heterocycles. The number of aromatic nitrogens is 5. The van der Waals surface area contributed by atoms with Gasteiger partial charge in [0.25, 0.3) is 5.56 Å². The van der Waals surface area contributed by atoms with E-state index in [1.165, 1.54) is 23.9 Å². The highest BCUT2D eigenvalue weighted by Gasteiger charge is 2.19. The maximum atomic E-state index is 13.6. The van der Waals surface area contributed by atoms with Crippen molar-refractivity contribution in [3.8, 4) is 17.1 Å². The van der Waals surface area contributed by atoms with Crippen LogP contribution in [0.1, 0.15) is 16.8 Å². The smallest absolute Gasteiger partial charge is 0.267 e. The molecule has 0 saturated carbocycles. The monoisotopic (exact) mass is 497 g/mol. The summed E-state index contributed by atoms with van der Waals surface area (Å²) in [6.07, 6.45) is 1.56. The van der Waals surface area contributed by atoms with Gasteiger partial charge in [0, 0.05) is 11.3 Å². The highest BCUT2D eigenvalue weighted by Crippen LogP contribution is 2.28. The van der Waals surface area contributed by atoms with E-state index in [0.717, 1.165) is 22.3 Å². The summed E-state index contributed by atoms with van der Waals surface area (Å²) in [5.41, 5.74) is 4.70. The minimum Gasteiger partial charge on any atom is -0.444 e. The zero-order chi connectivity index (χ0) is 24.8. The van der Waals surface area contributed by atoms with Gasteiger partial charge in [0.1, 0.15) is 12.1 Å². The number of halogens is 1. The number of hydrogen-bond donors (Lipinski definition) is 0. The molecule has 3 heterocycles. The lowest BCUT2D eigenvalue weighted by atomic mass is 10.1. The number of benzene rings is 3. The summed E-state index contributed by atoms with van der Waals surface area (Å²) in [4.78, 5) is 18.1. The second-order valence-corrected chi connectivity index (χ2v) is 9.38. The minimum absolute atomic E-state index is 0.146. The van der Waals surface area contributed by atoms with Crippen molar-refractivity contribution in [3.63, 3.8) is 0 Å². The molecule has 6 rings (SSSR count). The van der Waals surface area contributed by atoms with Crippen LogP contribution < -0.4 is 5.56 Å². The van der Waals surface area contributed by atoms with E-state index >= 15 is 0 Å². The molecule has 0 aliphatic carbocycles. The zero-order valence-corrected chi connectivity index (χ0v) is 20.3. The van der Waals surface area contributed by atoms with Crippen molar-refractivity contribution >= 4 is 28.4 Å². The molecule has 178 valence electrons. The van der Waals surface area contributed by atoms with E-state index in [0.29, 0.717) is 39.2 Å². The lowest BCUT2D eigenvalue weighted by Gasteiger charge is -2.14. The fraction of sp³-hybridized carbons (Fsp3) is 0.111. The van der Waals surface area contributed by atoms with Gasteiger partial charge in [-0.2, -0.15) is 0 Å². The average Bonchev–Trinajstić information content (AvgIpc) is 3.53. The molecule has 3 aromatic carbocycles. The molecule has 0 unspecified atom stereocenters. The van der Waals surface area contributed by atoms with Crippen LogP contribution in [0.5, 0.6) is 0 Å². The van der Waals surface area contributed by atoms with Crippen LogP contribution in [-0.2, 0) is 5.75 Å². The number of thioether (sulfide) groups is 1. The topological polar surface area (TPSA) is 78.2 Å². The zero-order valence-electron chi connectivity index (χ0n) is 19.5. The Bertz CT molecular complexity index is 1820. The van der Waals surface area contributed by atoms with Gasteiger partial charge in [-0.1, -0.05) is 42.1 Å². The van der Waals surface area contributed by atoms with E-state index in [9.17, 15) is 9.18 Å². The Balaban J connectivity index is 1.44. The summed E-state index contributed by atoms with van der Waals surface area (Å²) in [6, 6.07) is 19.4. The van der Waals surface area contributed by atoms with Crippen LogP contribution in [0.15, 0.2) is 87.4 Å². The van der Waals surface area contributed by atoms with Crippen molar-refractivity contribution < 1.29 is 8.81 Å². The number of fused-ring (bicyclic) bond motifs is 3. The molecule has 6 aromatic rings. The lowest BCUT2D eigenvalue weighted by Crippen LogP contribution is -2.22. The van der Waals surface area contributed by atoms with E-state index < -0.39 is 0 Å². The van der Waals surface area contributed by atoms with E-state index in [1.54, 1.807) is 23.0 Å². The van der Waals surface area contributed by atoms with E-state index in [4.69, 9.17) is 4.42 Å². The Morgan fingerprint density at radius 2 is 1.83 bits per heavy atom. The Morgan fingerprint density at radius 3 is 2.69 bits per heavy atom. The van der Waals surface area contributed by atoms with Crippen LogP contribution in [0, 0.1) is 19.7 Å². The molecule has 7 nitrogen and oxygen atoms in total. The predicted molar refractivity (Wildman–Crippen MR) is 137 cm³/mol. The summed E-state index contributed by atoms with van der Waals surface area (Å²) in [7, 11) is 0. The average molecular weight is 498 g/mol. The highest BCUT2D eigenvalue weighted by molar-refractivity contribution is 7.98. The molecular formula is C27H20FN5O2S. The van der Waals surface area contributed by atoms with Gasteiger partial charge in [-0.3, -0.25) is 9.20 Å². The van der Waals surface area contributed by atoms with Crippen LogP contribution in [0.2, 0.25) is 0 Å². The third-order valence-corrected chi connectivity index (χ3v) is 7.15. The van der Waals surface area contributed by atoms with E-state index in [-0.39, 0.29) is 11.4 Å². The van der Waals surface area contributed by atoms with Crippen LogP contribution in [0.4, 0.5) is 4.39 Å². The predicted octanol–water partition coefficient (Wildman–Crippen LogP) is 5.74. The summed E-state index contributed by atoms with van der Waals surface area (Å²) >= 11 is 1.43. The Labute approximate surface area is 209 Å². The molecule has 0 radical (unpaired) electrons. The normalized spacial score (nSPS) is 11.5. The van der Waals surface area contributed by atoms with E-state index in [2.05, 4.69) is 15.2 Å². The molecular weight excluding hydrogens is 477 g/mol. The first-order valence-corrected chi connectivity index (χ1v) is 12.3. The Hall–Kier alpha value is -4.24. The molecule has 0 aliphatic heterocycles. The number of para-hydroxylation sites is 1. The first kappa shape index (κ1) is 22.2. The van der Waals surface area contributed by atoms with E-state index in [1.807, 2.05) is 60.7 Å². The number of rotatable bonds is 5. The molecule has 0 bridgehead atoms. The van der Waals surface area contributed by atoms with Crippen molar-refractivity contribution in [1.82, 2.24) is 24.1 Å². The third-order valence-electron chi connectivity index (χ3n) is 6.18. The summed E-state index contributed by atoms with van der Waals surface area (Å²) in [6.45, 7) is 4.01. The molecule has 0 amide bonds. The maximum absolute atomic E-state index is 13.6. The number of hydrogen-bond acceptors (Lipinski definition) is 6. The quantitative estimate of drug-likeness (QED) is 0.283. The van der Waals surface area contributed by atoms with Crippen molar-refractivity contribution in [1.29, 1.82) is 0 Å². The van der Waals surface area contributed by atoms with Crippen LogP contribution in [-0.4, -0.2) is 24.1 Å². The minimum atomic E-state index is -0.349. The fourth-order valence-corrected chi connectivity index (χ4v) is 5.05. The Kier molecular flexibility index (Phi) is 5.41. The molecule has 0 atom stereocenters. The second kappa shape index (κ2) is 8.76. The van der Waals surface area contributed by atoms with Crippen LogP contribution >= 0.6 is 11.8 Å². The van der Waals surface area contributed by atoms with Gasteiger partial charge < -0.3 is 4.42 Å². The third kappa shape index (κ3) is 3.68. The van der Waals surface area contributed by atoms with Crippen molar-refractivity contribution in [2.45, 2.75) is 24.8 Å². The summed E-state index contributed by atoms with van der Waals surface area (Å²) in [5, 5.41) is 10.0. The van der Waals surface area contributed by atoms with Gasteiger partial charge in [0.2, 0.25) is 11.7 Å². The van der Waals surface area contributed by atoms with Crippen LogP contribution in [0.25, 0.3) is 33.8 Å². The second-order valence-electron chi connectivity index (χ2n) is 8.44. The molecule has 0 saturated heterocycles. The molecule has 0 aliphatic rings. The van der Waals surface area contributed by atoms with Gasteiger partial charge in [0.05, 0.1) is 22.3 Å². The van der Waals surface area contributed by atoms with Gasteiger partial charge >= 0.3 is 0 Å². The van der Waals surface area contributed by atoms with Gasteiger partial charge in [0.15, 0.2) is 5.16 Å². The molecule has 0 spiro atoms. The summed E-state index contributed by atoms with van der Waals surface area (Å²) < 4.78 is 22.7. The first-order valence-electron chi connectivity index (χ1n) is 11.3. The Morgan fingerprint density at radius 1 is 1.00 bits per heavy atom. The fourth-order valence-electron chi connectivity index (χ4n) is 4.23. The molecule has 9 heteroatoms. The van der Waals surface area contributed by atoms with Crippen LogP contribution in [0.3, 0.4) is 0 Å². The standard InChI is InChI=1S/C27H20FN5O2S/c1-16-7-5-12-22(17(16)2)32-25(34)21-10-3-4-11-23(21)33-26(32)30-31-27(33)36-15-20-14-35-24(29-20)18-8-6-9-19(28)13-18/h3-14H,15H2,1-2H3. The summed E-state index contributed by atoms with van der Waals surface area (Å²) in [5.74, 6) is 0.899. The van der Waals surface area contributed by atoms with Crippen molar-refractivity contribution in [2.75, 3.05) is 0 Å². The highest BCUT2D eigenvalue weighted by atomic mass is 32.2. The molecule has 0 N–H and O–H groups in total. The number of nitrogens with zero attached hydrogens (tertiary/aromatic N) is 5. The number of aryl methyl sites for hydroxylation is 1. The van der Waals surface area contributed by atoms with Gasteiger partial charge in [-0.05, 0) is 61.4 Å². The number of oxazole rings is 1. The van der Waals surface area contributed by atoms with Gasteiger partial charge in [-0.15, -0.1) is 10.2 Å². The first-order chi connectivity index (χ1) is 17.5. The maximum Gasteiger partial charge on any atom is 0.267 e.